The number of esters is 1. The highest BCUT2D eigenvalue weighted by molar-refractivity contribution is 6.31. The Kier molecular flexibility index (Phi) is 4.82. The first-order valence-electron chi connectivity index (χ1n) is 6.73. The molecular formula is C16H15Cl2FN2O2. The van der Waals surface area contributed by atoms with Crippen LogP contribution in [0.3, 0.4) is 0 Å². The summed E-state index contributed by atoms with van der Waals surface area (Å²) in [5.41, 5.74) is 5.24. The van der Waals surface area contributed by atoms with Crippen molar-refractivity contribution in [2.24, 2.45) is 0 Å². The molecule has 23 heavy (non-hydrogen) atoms. The van der Waals surface area contributed by atoms with Gasteiger partial charge in [-0.25, -0.2) is 14.2 Å². The van der Waals surface area contributed by atoms with Gasteiger partial charge in [-0.1, -0.05) is 23.2 Å². The van der Waals surface area contributed by atoms with Crippen LogP contribution in [0.15, 0.2) is 24.3 Å². The molecule has 2 rings (SSSR count). The molecule has 0 aliphatic rings. The van der Waals surface area contributed by atoms with Gasteiger partial charge in [0.2, 0.25) is 0 Å². The summed E-state index contributed by atoms with van der Waals surface area (Å²) in [6.07, 6.45) is 0. The Balaban J connectivity index is 2.65. The van der Waals surface area contributed by atoms with Crippen molar-refractivity contribution in [3.05, 3.63) is 45.8 Å². The Labute approximate surface area is 143 Å². The van der Waals surface area contributed by atoms with Gasteiger partial charge in [-0.3, -0.25) is 0 Å². The van der Waals surface area contributed by atoms with Gasteiger partial charge < -0.3 is 10.5 Å². The molecule has 0 saturated carbocycles. The first-order valence-corrected chi connectivity index (χ1v) is 7.49. The minimum atomic E-state index is -0.737. The lowest BCUT2D eigenvalue weighted by molar-refractivity contribution is 0.00714. The molecule has 0 bridgehead atoms. The molecule has 0 spiro atoms. The van der Waals surface area contributed by atoms with Crippen molar-refractivity contribution in [1.29, 1.82) is 0 Å². The molecule has 1 aromatic carbocycles. The first kappa shape index (κ1) is 17.5. The fraction of sp³-hybridized carbons (Fsp3) is 0.250. The van der Waals surface area contributed by atoms with Crippen LogP contribution in [0.1, 0.15) is 31.1 Å². The maximum Gasteiger partial charge on any atom is 0.343 e. The predicted molar refractivity (Wildman–Crippen MR) is 89.2 cm³/mol. The monoisotopic (exact) mass is 356 g/mol. The van der Waals surface area contributed by atoms with E-state index < -0.39 is 17.4 Å². The Hall–Kier alpha value is -1.85. The fourth-order valence-corrected chi connectivity index (χ4v) is 2.31. The average Bonchev–Trinajstić information content (AvgIpc) is 2.35. The number of carbonyl (C=O) groups excluding carboxylic acids is 1. The molecular weight excluding hydrogens is 342 g/mol. The third kappa shape index (κ3) is 4.12. The number of ether oxygens (including phenoxy) is 1. The normalized spacial score (nSPS) is 11.4. The highest BCUT2D eigenvalue weighted by Gasteiger charge is 2.26. The highest BCUT2D eigenvalue weighted by Crippen LogP contribution is 2.32. The van der Waals surface area contributed by atoms with Gasteiger partial charge in [-0.15, -0.1) is 0 Å². The summed E-state index contributed by atoms with van der Waals surface area (Å²) < 4.78 is 19.5. The molecule has 2 N–H and O–H groups in total. The van der Waals surface area contributed by atoms with Crippen molar-refractivity contribution in [2.45, 2.75) is 26.4 Å². The largest absolute Gasteiger partial charge is 0.456 e. The van der Waals surface area contributed by atoms with E-state index in [9.17, 15) is 9.18 Å². The third-order valence-corrected chi connectivity index (χ3v) is 3.24. The maximum atomic E-state index is 14.2. The molecule has 0 atom stereocenters. The van der Waals surface area contributed by atoms with Crippen LogP contribution in [0, 0.1) is 5.82 Å². The van der Waals surface area contributed by atoms with Gasteiger partial charge in [0.05, 0.1) is 11.4 Å². The third-order valence-electron chi connectivity index (χ3n) is 2.81. The van der Waals surface area contributed by atoms with Gasteiger partial charge in [0.25, 0.3) is 0 Å². The molecule has 0 amide bonds. The van der Waals surface area contributed by atoms with Crippen LogP contribution >= 0.6 is 23.2 Å². The molecule has 1 aromatic heterocycles. The van der Waals surface area contributed by atoms with Gasteiger partial charge in [-0.2, -0.15) is 0 Å². The van der Waals surface area contributed by atoms with E-state index in [1.165, 1.54) is 18.2 Å². The zero-order chi connectivity index (χ0) is 17.4. The summed E-state index contributed by atoms with van der Waals surface area (Å²) in [6, 6.07) is 5.33. The van der Waals surface area contributed by atoms with Crippen molar-refractivity contribution in [3.8, 4) is 11.3 Å². The number of carbonyl (C=O) groups is 1. The molecule has 7 heteroatoms. The van der Waals surface area contributed by atoms with Crippen molar-refractivity contribution in [2.75, 3.05) is 5.73 Å². The van der Waals surface area contributed by atoms with Crippen LogP contribution in [0.2, 0.25) is 10.2 Å². The standard InChI is InChI=1S/C16H15Cl2FN2O2/c1-16(2,3)23-15(22)13-11(20)7-12(18)21-14(13)9-5-4-8(17)6-10(9)19/h4-7H,1-3H3,(H2,20,21). The van der Waals surface area contributed by atoms with Crippen LogP contribution in [-0.4, -0.2) is 16.6 Å². The number of anilines is 1. The Morgan fingerprint density at radius 1 is 1.26 bits per heavy atom. The fourth-order valence-electron chi connectivity index (χ4n) is 1.95. The Morgan fingerprint density at radius 3 is 2.48 bits per heavy atom. The molecule has 0 unspecified atom stereocenters. The van der Waals surface area contributed by atoms with Gasteiger partial charge in [-0.05, 0) is 45.0 Å². The highest BCUT2D eigenvalue weighted by atomic mass is 35.5. The van der Waals surface area contributed by atoms with Crippen LogP contribution < -0.4 is 5.73 Å². The molecule has 0 radical (unpaired) electrons. The number of halogens is 3. The van der Waals surface area contributed by atoms with Crippen LogP contribution in [-0.2, 0) is 4.74 Å². The number of hydrogen-bond donors (Lipinski definition) is 1. The SMILES string of the molecule is CC(C)(C)OC(=O)c1c(N)cc(Cl)nc1-c1ccc(Cl)cc1F. The molecule has 122 valence electrons. The first-order chi connectivity index (χ1) is 10.6. The molecule has 0 saturated heterocycles. The summed E-state index contributed by atoms with van der Waals surface area (Å²) in [5.74, 6) is -1.35. The molecule has 4 nitrogen and oxygen atoms in total. The van der Waals surface area contributed by atoms with Crippen molar-refractivity contribution in [1.82, 2.24) is 4.98 Å². The van der Waals surface area contributed by atoms with Gasteiger partial charge >= 0.3 is 5.97 Å². The van der Waals surface area contributed by atoms with E-state index in [1.807, 2.05) is 0 Å². The number of rotatable bonds is 2. The second kappa shape index (κ2) is 6.34. The summed E-state index contributed by atoms with van der Waals surface area (Å²) in [4.78, 5) is 16.5. The number of aromatic nitrogens is 1. The molecule has 0 fully saturated rings. The molecule has 0 aliphatic heterocycles. The maximum absolute atomic E-state index is 14.2. The zero-order valence-corrected chi connectivity index (χ0v) is 14.3. The van der Waals surface area contributed by atoms with E-state index in [4.69, 9.17) is 33.7 Å². The molecule has 2 aromatic rings. The Bertz CT molecular complexity index is 773. The van der Waals surface area contributed by atoms with E-state index in [2.05, 4.69) is 4.98 Å². The van der Waals surface area contributed by atoms with E-state index in [1.54, 1.807) is 20.8 Å². The number of nitrogens with zero attached hydrogens (tertiary/aromatic N) is 1. The lowest BCUT2D eigenvalue weighted by atomic mass is 10.0. The Morgan fingerprint density at radius 2 is 1.91 bits per heavy atom. The van der Waals surface area contributed by atoms with Gasteiger partial charge in [0.1, 0.15) is 22.1 Å². The summed E-state index contributed by atoms with van der Waals surface area (Å²) in [5, 5.41) is 0.263. The van der Waals surface area contributed by atoms with Crippen LogP contribution in [0.5, 0.6) is 0 Å². The second-order valence-electron chi connectivity index (χ2n) is 5.88. The summed E-state index contributed by atoms with van der Waals surface area (Å²) in [6.45, 7) is 5.15. The summed E-state index contributed by atoms with van der Waals surface area (Å²) in [7, 11) is 0. The van der Waals surface area contributed by atoms with Crippen LogP contribution in [0.4, 0.5) is 10.1 Å². The number of nitrogens with two attached hydrogens (primary N) is 1. The van der Waals surface area contributed by atoms with Gasteiger partial charge in [0, 0.05) is 10.6 Å². The van der Waals surface area contributed by atoms with E-state index in [0.717, 1.165) is 6.07 Å². The lowest BCUT2D eigenvalue weighted by Gasteiger charge is -2.21. The number of pyridine rings is 1. The minimum Gasteiger partial charge on any atom is -0.456 e. The van der Waals surface area contributed by atoms with E-state index in [-0.39, 0.29) is 32.7 Å². The quantitative estimate of drug-likeness (QED) is 0.623. The molecule has 1 heterocycles. The molecule has 0 aliphatic carbocycles. The van der Waals surface area contributed by atoms with Crippen LogP contribution in [0.25, 0.3) is 11.3 Å². The van der Waals surface area contributed by atoms with Crippen molar-refractivity contribution < 1.29 is 13.9 Å². The minimum absolute atomic E-state index is 0.0124. The average molecular weight is 357 g/mol. The smallest absolute Gasteiger partial charge is 0.343 e. The lowest BCUT2D eigenvalue weighted by Crippen LogP contribution is -2.25. The topological polar surface area (TPSA) is 65.2 Å². The number of nitrogen functional groups attached to an aromatic ring is 1. The zero-order valence-electron chi connectivity index (χ0n) is 12.8. The van der Waals surface area contributed by atoms with Crippen molar-refractivity contribution >= 4 is 34.9 Å². The second-order valence-corrected chi connectivity index (χ2v) is 6.71. The van der Waals surface area contributed by atoms with Crippen molar-refractivity contribution in [3.63, 3.8) is 0 Å². The van der Waals surface area contributed by atoms with E-state index in [0.29, 0.717) is 0 Å². The van der Waals surface area contributed by atoms with E-state index >= 15 is 0 Å². The number of hydrogen-bond acceptors (Lipinski definition) is 4. The summed E-state index contributed by atoms with van der Waals surface area (Å²) >= 11 is 11.7. The number of benzene rings is 1. The van der Waals surface area contributed by atoms with Gasteiger partial charge in [0.15, 0.2) is 0 Å². The predicted octanol–water partition coefficient (Wildman–Crippen LogP) is 4.73.